The van der Waals surface area contributed by atoms with Crippen LogP contribution in [0.3, 0.4) is 0 Å². The predicted molar refractivity (Wildman–Crippen MR) is 143 cm³/mol. The molecule has 0 spiro atoms. The molecule has 0 aliphatic carbocycles. The minimum atomic E-state index is -0.0760. The van der Waals surface area contributed by atoms with Crippen LogP contribution in [-0.2, 0) is 13.1 Å². The highest BCUT2D eigenvalue weighted by Crippen LogP contribution is 2.27. The molecule has 36 heavy (non-hydrogen) atoms. The number of amides is 1. The molecule has 3 heterocycles. The van der Waals surface area contributed by atoms with Crippen LogP contribution in [-0.4, -0.2) is 62.7 Å². The highest BCUT2D eigenvalue weighted by Gasteiger charge is 2.20. The van der Waals surface area contributed by atoms with Gasteiger partial charge in [0, 0.05) is 49.9 Å². The smallest absolute Gasteiger partial charge is 0.254 e. The van der Waals surface area contributed by atoms with Gasteiger partial charge in [-0.25, -0.2) is 15.0 Å². The number of benzene rings is 1. The van der Waals surface area contributed by atoms with Gasteiger partial charge in [0.25, 0.3) is 5.91 Å². The second-order valence-electron chi connectivity index (χ2n) is 9.03. The van der Waals surface area contributed by atoms with Crippen molar-refractivity contribution in [2.75, 3.05) is 32.5 Å². The van der Waals surface area contributed by atoms with Gasteiger partial charge in [0.1, 0.15) is 11.5 Å². The molecule has 0 unspecified atom stereocenters. The third kappa shape index (κ3) is 5.21. The van der Waals surface area contributed by atoms with E-state index >= 15 is 0 Å². The van der Waals surface area contributed by atoms with Gasteiger partial charge in [0.05, 0.1) is 34.9 Å². The maximum Gasteiger partial charge on any atom is 0.254 e. The number of pyridine rings is 1. The Hall–Kier alpha value is -3.85. The minimum absolute atomic E-state index is 0.0760. The number of hydrogen-bond donors (Lipinski definition) is 2. The van der Waals surface area contributed by atoms with E-state index in [2.05, 4.69) is 27.6 Å². The summed E-state index contributed by atoms with van der Waals surface area (Å²) in [5, 5.41) is 11.6. The van der Waals surface area contributed by atoms with Gasteiger partial charge in [-0.1, -0.05) is 11.6 Å². The molecule has 0 saturated heterocycles. The van der Waals surface area contributed by atoms with Gasteiger partial charge in [-0.3, -0.25) is 9.48 Å². The van der Waals surface area contributed by atoms with Crippen molar-refractivity contribution in [1.82, 2.24) is 34.9 Å². The van der Waals surface area contributed by atoms with E-state index < -0.39 is 0 Å². The molecule has 0 aliphatic rings. The number of carbonyl (C=O) groups excluding carboxylic acids is 1. The molecule has 4 aromatic rings. The van der Waals surface area contributed by atoms with Gasteiger partial charge in [0.2, 0.25) is 0 Å². The van der Waals surface area contributed by atoms with Crippen LogP contribution in [0.2, 0.25) is 0 Å². The van der Waals surface area contributed by atoms with E-state index in [4.69, 9.17) is 9.97 Å². The topological polar surface area (TPSA) is 101 Å². The largest absolute Gasteiger partial charge is 0.367 e. The van der Waals surface area contributed by atoms with Gasteiger partial charge < -0.3 is 15.5 Å². The molecule has 3 aromatic heterocycles. The molecule has 9 heteroatoms. The molecule has 0 atom stereocenters. The molecule has 188 valence electrons. The summed E-state index contributed by atoms with van der Waals surface area (Å²) in [4.78, 5) is 29.6. The fourth-order valence-electron chi connectivity index (χ4n) is 4.22. The lowest BCUT2D eigenvalue weighted by Gasteiger charge is -2.19. The van der Waals surface area contributed by atoms with E-state index in [0.29, 0.717) is 23.5 Å². The monoisotopic (exact) mass is 486 g/mol. The SMILES string of the molecule is CCn1ncc(CN(C)C(=O)c2cc(-c3cnc(NCCNC)c(C)n3)nc3ccc(C)cc23)c1C. The quantitative estimate of drug-likeness (QED) is 0.348. The fourth-order valence-corrected chi connectivity index (χ4v) is 4.22. The average Bonchev–Trinajstić information content (AvgIpc) is 3.22. The molecule has 0 aliphatic heterocycles. The van der Waals surface area contributed by atoms with Crippen molar-refractivity contribution in [3.05, 3.63) is 64.7 Å². The van der Waals surface area contributed by atoms with Crippen LogP contribution >= 0.6 is 0 Å². The van der Waals surface area contributed by atoms with Gasteiger partial charge in [0.15, 0.2) is 0 Å². The van der Waals surface area contributed by atoms with Crippen molar-refractivity contribution in [3.63, 3.8) is 0 Å². The van der Waals surface area contributed by atoms with Crippen molar-refractivity contribution >= 4 is 22.6 Å². The molecule has 0 fully saturated rings. The zero-order chi connectivity index (χ0) is 25.8. The molecule has 9 nitrogen and oxygen atoms in total. The maximum atomic E-state index is 13.7. The second-order valence-corrected chi connectivity index (χ2v) is 9.03. The van der Waals surface area contributed by atoms with Gasteiger partial charge >= 0.3 is 0 Å². The zero-order valence-corrected chi connectivity index (χ0v) is 21.9. The number of rotatable bonds is 9. The third-order valence-electron chi connectivity index (χ3n) is 6.33. The molecule has 1 amide bonds. The number of hydrogen-bond acceptors (Lipinski definition) is 7. The molecular weight excluding hydrogens is 452 g/mol. The standard InChI is InChI=1S/C27H34N8O/c1-7-35-19(4)20(14-31-35)16-34(6)27(36)22-13-24(33-23-9-8-17(2)12-21(22)23)25-15-30-26(18(3)32-25)29-11-10-28-5/h8-9,12-15,28H,7,10-11,16H2,1-6H3,(H,29,30). The third-order valence-corrected chi connectivity index (χ3v) is 6.33. The second kappa shape index (κ2) is 10.8. The molecule has 2 N–H and O–H groups in total. The summed E-state index contributed by atoms with van der Waals surface area (Å²) in [5.74, 6) is 0.664. The van der Waals surface area contributed by atoms with E-state index in [1.807, 2.05) is 70.0 Å². The molecular formula is C27H34N8O. The summed E-state index contributed by atoms with van der Waals surface area (Å²) in [6.45, 7) is 10.9. The molecule has 0 saturated carbocycles. The highest BCUT2D eigenvalue weighted by molar-refractivity contribution is 6.07. The molecule has 1 aromatic carbocycles. The average molecular weight is 487 g/mol. The number of nitrogens with one attached hydrogen (secondary N) is 2. The Morgan fingerprint density at radius 2 is 1.86 bits per heavy atom. The van der Waals surface area contributed by atoms with E-state index in [1.54, 1.807) is 11.1 Å². The fraction of sp³-hybridized carbons (Fsp3) is 0.370. The van der Waals surface area contributed by atoms with E-state index in [0.717, 1.165) is 58.9 Å². The Kier molecular flexibility index (Phi) is 7.59. The van der Waals surface area contributed by atoms with Crippen molar-refractivity contribution in [1.29, 1.82) is 0 Å². The Labute approximate surface area is 212 Å². The Balaban J connectivity index is 1.71. The summed E-state index contributed by atoms with van der Waals surface area (Å²) >= 11 is 0. The number of aryl methyl sites for hydroxylation is 3. The van der Waals surface area contributed by atoms with Crippen LogP contribution in [0.5, 0.6) is 0 Å². The first kappa shape index (κ1) is 25.2. The van der Waals surface area contributed by atoms with Crippen molar-refractivity contribution < 1.29 is 4.79 Å². The lowest BCUT2D eigenvalue weighted by atomic mass is 10.0. The van der Waals surface area contributed by atoms with Gasteiger partial charge in [-0.2, -0.15) is 5.10 Å². The van der Waals surface area contributed by atoms with Crippen LogP contribution < -0.4 is 10.6 Å². The summed E-state index contributed by atoms with van der Waals surface area (Å²) in [7, 11) is 3.73. The number of anilines is 1. The van der Waals surface area contributed by atoms with Crippen LogP contribution in [0.15, 0.2) is 36.7 Å². The van der Waals surface area contributed by atoms with Crippen LogP contribution in [0, 0.1) is 20.8 Å². The summed E-state index contributed by atoms with van der Waals surface area (Å²) in [6, 6.07) is 7.80. The lowest BCUT2D eigenvalue weighted by Crippen LogP contribution is -2.27. The molecule has 0 radical (unpaired) electrons. The van der Waals surface area contributed by atoms with Crippen LogP contribution in [0.4, 0.5) is 5.82 Å². The minimum Gasteiger partial charge on any atom is -0.367 e. The maximum absolute atomic E-state index is 13.7. The zero-order valence-electron chi connectivity index (χ0n) is 21.9. The highest BCUT2D eigenvalue weighted by atomic mass is 16.2. The number of nitrogens with zero attached hydrogens (tertiary/aromatic N) is 6. The van der Waals surface area contributed by atoms with Gasteiger partial charge in [-0.05, 0) is 52.9 Å². The van der Waals surface area contributed by atoms with Crippen molar-refractivity contribution in [2.45, 2.75) is 40.8 Å². The molecule has 4 rings (SSSR count). The molecule has 0 bridgehead atoms. The Morgan fingerprint density at radius 1 is 1.06 bits per heavy atom. The summed E-state index contributed by atoms with van der Waals surface area (Å²) in [5.41, 5.74) is 6.55. The van der Waals surface area contributed by atoms with Crippen LogP contribution in [0.25, 0.3) is 22.3 Å². The Bertz CT molecular complexity index is 1390. The predicted octanol–water partition coefficient (Wildman–Crippen LogP) is 3.74. The van der Waals surface area contributed by atoms with E-state index in [9.17, 15) is 4.79 Å². The number of aromatic nitrogens is 5. The van der Waals surface area contributed by atoms with Gasteiger partial charge in [-0.15, -0.1) is 0 Å². The summed E-state index contributed by atoms with van der Waals surface area (Å²) in [6.07, 6.45) is 3.55. The van der Waals surface area contributed by atoms with Crippen molar-refractivity contribution in [2.24, 2.45) is 0 Å². The number of likely N-dealkylation sites (N-methyl/N-ethyl adjacent to an activating group) is 1. The first-order chi connectivity index (χ1) is 17.3. The first-order valence-electron chi connectivity index (χ1n) is 12.2. The van der Waals surface area contributed by atoms with Crippen molar-refractivity contribution in [3.8, 4) is 11.4 Å². The van der Waals surface area contributed by atoms with E-state index in [-0.39, 0.29) is 5.91 Å². The Morgan fingerprint density at radius 3 is 2.56 bits per heavy atom. The normalized spacial score (nSPS) is 11.2. The van der Waals surface area contributed by atoms with E-state index in [1.165, 1.54) is 0 Å². The lowest BCUT2D eigenvalue weighted by molar-refractivity contribution is 0.0787. The van der Waals surface area contributed by atoms with Crippen LogP contribution in [0.1, 0.15) is 39.8 Å². The first-order valence-corrected chi connectivity index (χ1v) is 12.2. The number of fused-ring (bicyclic) bond motifs is 1. The number of carbonyl (C=O) groups is 1. The summed E-state index contributed by atoms with van der Waals surface area (Å²) < 4.78 is 1.94.